The molecule has 1 rings (SSSR count). The maximum atomic E-state index is 5.54. The van der Waals surface area contributed by atoms with Crippen LogP contribution in [0, 0.1) is 0 Å². The zero-order valence-electron chi connectivity index (χ0n) is 6.84. The summed E-state index contributed by atoms with van der Waals surface area (Å²) in [5, 5.41) is 3.08. The molecule has 0 spiro atoms. The SMILES string of the molecule is COCCN=C(N)NC1CC1. The van der Waals surface area contributed by atoms with Gasteiger partial charge in [0.1, 0.15) is 0 Å². The van der Waals surface area contributed by atoms with E-state index in [9.17, 15) is 0 Å². The van der Waals surface area contributed by atoms with Gasteiger partial charge in [0.2, 0.25) is 0 Å². The monoisotopic (exact) mass is 157 g/mol. The fourth-order valence-corrected chi connectivity index (χ4v) is 0.740. The van der Waals surface area contributed by atoms with Crippen LogP contribution in [-0.2, 0) is 4.74 Å². The number of nitrogens with one attached hydrogen (secondary N) is 1. The van der Waals surface area contributed by atoms with Gasteiger partial charge in [0.05, 0.1) is 13.2 Å². The van der Waals surface area contributed by atoms with Crippen LogP contribution in [0.15, 0.2) is 4.99 Å². The van der Waals surface area contributed by atoms with Crippen molar-refractivity contribution in [1.29, 1.82) is 0 Å². The van der Waals surface area contributed by atoms with Gasteiger partial charge in [-0.05, 0) is 12.8 Å². The van der Waals surface area contributed by atoms with E-state index in [0.29, 0.717) is 25.2 Å². The molecule has 0 unspecified atom stereocenters. The lowest BCUT2D eigenvalue weighted by Gasteiger charge is -2.01. The summed E-state index contributed by atoms with van der Waals surface area (Å²) in [5.41, 5.74) is 5.54. The Morgan fingerprint density at radius 3 is 3.00 bits per heavy atom. The Morgan fingerprint density at radius 2 is 2.45 bits per heavy atom. The zero-order chi connectivity index (χ0) is 8.10. The van der Waals surface area contributed by atoms with E-state index in [0.717, 1.165) is 0 Å². The number of rotatable bonds is 4. The summed E-state index contributed by atoms with van der Waals surface area (Å²) in [6.45, 7) is 1.27. The predicted octanol–water partition coefficient (Wildman–Crippen LogP) is -0.300. The van der Waals surface area contributed by atoms with Gasteiger partial charge in [0, 0.05) is 13.2 Å². The third kappa shape index (κ3) is 3.83. The first-order valence-electron chi connectivity index (χ1n) is 3.88. The highest BCUT2D eigenvalue weighted by molar-refractivity contribution is 5.78. The number of guanidine groups is 1. The second-order valence-electron chi connectivity index (χ2n) is 2.68. The van der Waals surface area contributed by atoms with Crippen LogP contribution in [0.3, 0.4) is 0 Å². The Bertz CT molecular complexity index is 143. The van der Waals surface area contributed by atoms with E-state index in [1.165, 1.54) is 12.8 Å². The third-order valence-electron chi connectivity index (χ3n) is 1.51. The number of nitrogens with zero attached hydrogens (tertiary/aromatic N) is 1. The molecule has 1 fully saturated rings. The molecular weight excluding hydrogens is 142 g/mol. The molecule has 0 bridgehead atoms. The summed E-state index contributed by atoms with van der Waals surface area (Å²) in [7, 11) is 1.65. The van der Waals surface area contributed by atoms with Crippen molar-refractivity contribution in [1.82, 2.24) is 5.32 Å². The van der Waals surface area contributed by atoms with Crippen molar-refractivity contribution < 1.29 is 4.74 Å². The molecule has 64 valence electrons. The van der Waals surface area contributed by atoms with Gasteiger partial charge in [-0.2, -0.15) is 0 Å². The van der Waals surface area contributed by atoms with Crippen LogP contribution in [0.5, 0.6) is 0 Å². The van der Waals surface area contributed by atoms with Gasteiger partial charge >= 0.3 is 0 Å². The lowest BCUT2D eigenvalue weighted by molar-refractivity contribution is 0.208. The minimum Gasteiger partial charge on any atom is -0.383 e. The molecule has 1 aliphatic rings. The smallest absolute Gasteiger partial charge is 0.188 e. The summed E-state index contributed by atoms with van der Waals surface area (Å²) >= 11 is 0. The van der Waals surface area contributed by atoms with Gasteiger partial charge in [0.25, 0.3) is 0 Å². The number of ether oxygens (including phenoxy) is 1. The average Bonchev–Trinajstić information content (AvgIpc) is 2.72. The number of methoxy groups -OCH3 is 1. The number of hydrogen-bond acceptors (Lipinski definition) is 2. The number of nitrogens with two attached hydrogens (primary N) is 1. The molecule has 3 N–H and O–H groups in total. The first-order chi connectivity index (χ1) is 5.33. The Balaban J connectivity index is 2.05. The van der Waals surface area contributed by atoms with Crippen molar-refractivity contribution in [2.45, 2.75) is 18.9 Å². The molecule has 0 radical (unpaired) electrons. The topological polar surface area (TPSA) is 59.6 Å². The van der Waals surface area contributed by atoms with Gasteiger partial charge in [-0.3, -0.25) is 4.99 Å². The highest BCUT2D eigenvalue weighted by Gasteiger charge is 2.20. The molecule has 4 heteroatoms. The van der Waals surface area contributed by atoms with Gasteiger partial charge in [-0.15, -0.1) is 0 Å². The summed E-state index contributed by atoms with van der Waals surface area (Å²) in [6.07, 6.45) is 2.45. The van der Waals surface area contributed by atoms with Crippen LogP contribution in [0.25, 0.3) is 0 Å². The maximum absolute atomic E-state index is 5.54. The van der Waals surface area contributed by atoms with E-state index in [2.05, 4.69) is 10.3 Å². The Labute approximate surface area is 66.8 Å². The van der Waals surface area contributed by atoms with Crippen LogP contribution in [0.1, 0.15) is 12.8 Å². The molecule has 0 aromatic rings. The molecule has 1 aliphatic carbocycles. The lowest BCUT2D eigenvalue weighted by atomic mass is 10.6. The van der Waals surface area contributed by atoms with Gasteiger partial charge < -0.3 is 15.8 Å². The second-order valence-corrected chi connectivity index (χ2v) is 2.68. The maximum Gasteiger partial charge on any atom is 0.188 e. The van der Waals surface area contributed by atoms with Crippen molar-refractivity contribution in [3.05, 3.63) is 0 Å². The fourth-order valence-electron chi connectivity index (χ4n) is 0.740. The van der Waals surface area contributed by atoms with Crippen molar-refractivity contribution >= 4 is 5.96 Å². The van der Waals surface area contributed by atoms with Crippen LogP contribution in [0.4, 0.5) is 0 Å². The Hall–Kier alpha value is -0.770. The molecule has 0 atom stereocenters. The van der Waals surface area contributed by atoms with Crippen LogP contribution < -0.4 is 11.1 Å². The molecule has 0 aromatic carbocycles. The van der Waals surface area contributed by atoms with Crippen molar-refractivity contribution in [2.75, 3.05) is 20.3 Å². The minimum absolute atomic E-state index is 0.546. The van der Waals surface area contributed by atoms with E-state index >= 15 is 0 Å². The van der Waals surface area contributed by atoms with Gasteiger partial charge in [-0.25, -0.2) is 0 Å². The first-order valence-corrected chi connectivity index (χ1v) is 3.88. The van der Waals surface area contributed by atoms with E-state index in [-0.39, 0.29) is 0 Å². The minimum atomic E-state index is 0.546. The molecule has 0 aliphatic heterocycles. The lowest BCUT2D eigenvalue weighted by Crippen LogP contribution is -2.33. The molecule has 0 saturated heterocycles. The van der Waals surface area contributed by atoms with Crippen molar-refractivity contribution in [2.24, 2.45) is 10.7 Å². The predicted molar refractivity (Wildman–Crippen MR) is 44.5 cm³/mol. The number of hydrogen-bond donors (Lipinski definition) is 2. The van der Waals surface area contributed by atoms with E-state index in [1.54, 1.807) is 7.11 Å². The van der Waals surface area contributed by atoms with Crippen molar-refractivity contribution in [3.8, 4) is 0 Å². The van der Waals surface area contributed by atoms with Gasteiger partial charge in [0.15, 0.2) is 5.96 Å². The van der Waals surface area contributed by atoms with E-state index in [1.807, 2.05) is 0 Å². The normalized spacial score (nSPS) is 18.5. The molecular formula is C7H15N3O. The highest BCUT2D eigenvalue weighted by atomic mass is 16.5. The van der Waals surface area contributed by atoms with Crippen LogP contribution in [-0.4, -0.2) is 32.3 Å². The molecule has 0 heterocycles. The van der Waals surface area contributed by atoms with Crippen molar-refractivity contribution in [3.63, 3.8) is 0 Å². The molecule has 11 heavy (non-hydrogen) atoms. The number of aliphatic imine (C=N–C) groups is 1. The second kappa shape index (κ2) is 4.18. The summed E-state index contributed by atoms with van der Waals surface area (Å²) in [6, 6.07) is 0.585. The largest absolute Gasteiger partial charge is 0.383 e. The summed E-state index contributed by atoms with van der Waals surface area (Å²) in [4.78, 5) is 4.05. The highest BCUT2D eigenvalue weighted by Crippen LogP contribution is 2.17. The molecule has 0 amide bonds. The third-order valence-corrected chi connectivity index (χ3v) is 1.51. The molecule has 0 aromatic heterocycles. The average molecular weight is 157 g/mol. The fraction of sp³-hybridized carbons (Fsp3) is 0.857. The summed E-state index contributed by atoms with van der Waals surface area (Å²) < 4.78 is 4.82. The standard InChI is InChI=1S/C7H15N3O/c1-11-5-4-9-7(8)10-6-2-3-6/h6H,2-5H2,1H3,(H3,8,9,10). The first kappa shape index (κ1) is 8.33. The quantitative estimate of drug-likeness (QED) is 0.334. The molecule has 4 nitrogen and oxygen atoms in total. The Kier molecular flexibility index (Phi) is 3.16. The van der Waals surface area contributed by atoms with E-state index in [4.69, 9.17) is 10.5 Å². The van der Waals surface area contributed by atoms with Crippen LogP contribution >= 0.6 is 0 Å². The zero-order valence-corrected chi connectivity index (χ0v) is 6.84. The van der Waals surface area contributed by atoms with Crippen LogP contribution in [0.2, 0.25) is 0 Å². The Morgan fingerprint density at radius 1 is 1.73 bits per heavy atom. The summed E-state index contributed by atoms with van der Waals surface area (Å²) in [5.74, 6) is 0.546. The van der Waals surface area contributed by atoms with Gasteiger partial charge in [-0.1, -0.05) is 0 Å². The van der Waals surface area contributed by atoms with E-state index < -0.39 is 0 Å². The molecule has 1 saturated carbocycles.